The quantitative estimate of drug-likeness (QED) is 0.457. The Bertz CT molecular complexity index is 918. The van der Waals surface area contributed by atoms with Crippen LogP contribution in [0.3, 0.4) is 0 Å². The summed E-state index contributed by atoms with van der Waals surface area (Å²) in [5.41, 5.74) is 4.80. The average molecular weight is 444 g/mol. The van der Waals surface area contributed by atoms with Crippen LogP contribution < -0.4 is 0 Å². The van der Waals surface area contributed by atoms with Crippen LogP contribution >= 0.6 is 31.9 Å². The highest BCUT2D eigenvalue weighted by atomic mass is 79.9. The van der Waals surface area contributed by atoms with Crippen molar-refractivity contribution in [2.75, 3.05) is 0 Å². The minimum absolute atomic E-state index is 0.248. The van der Waals surface area contributed by atoms with E-state index in [4.69, 9.17) is 0 Å². The second-order valence-electron chi connectivity index (χ2n) is 5.25. The maximum Gasteiger partial charge on any atom is 0.228 e. The molecule has 118 valence electrons. The first kappa shape index (κ1) is 16.8. The van der Waals surface area contributed by atoms with Crippen LogP contribution in [0.1, 0.15) is 20.7 Å². The van der Waals surface area contributed by atoms with Crippen LogP contribution in [0.4, 0.5) is 0 Å². The fourth-order valence-electron chi connectivity index (χ4n) is 2.58. The molecule has 0 aliphatic rings. The van der Waals surface area contributed by atoms with Crippen LogP contribution in [0.5, 0.6) is 0 Å². The van der Waals surface area contributed by atoms with E-state index in [-0.39, 0.29) is 9.39 Å². The summed E-state index contributed by atoms with van der Waals surface area (Å²) in [6, 6.07) is 23.1. The van der Waals surface area contributed by atoms with Gasteiger partial charge in [-0.25, -0.2) is 0 Å². The third-order valence-electron chi connectivity index (χ3n) is 3.74. The molecule has 0 atom stereocenters. The van der Waals surface area contributed by atoms with Gasteiger partial charge in [-0.3, -0.25) is 9.59 Å². The molecule has 0 bridgehead atoms. The van der Waals surface area contributed by atoms with Gasteiger partial charge in [0.1, 0.15) is 0 Å². The molecule has 4 heteroatoms. The van der Waals surface area contributed by atoms with Gasteiger partial charge in [0.15, 0.2) is 0 Å². The standard InChI is InChI=1S/C20H12Br2O2/c21-19(23)16-9-10-17(18(12-16)20(22)24)15-8-4-7-14(11-15)13-5-2-1-3-6-13/h1-12H. The monoisotopic (exact) mass is 442 g/mol. The molecular weight excluding hydrogens is 432 g/mol. The molecule has 0 saturated heterocycles. The summed E-state index contributed by atoms with van der Waals surface area (Å²) < 4.78 is -0.500. The predicted octanol–water partition coefficient (Wildman–Crippen LogP) is 6.09. The number of carbonyl (C=O) groups excluding carboxylic acids is 2. The van der Waals surface area contributed by atoms with Crippen LogP contribution in [0.2, 0.25) is 0 Å². The molecule has 0 heterocycles. The van der Waals surface area contributed by atoms with E-state index in [2.05, 4.69) is 31.9 Å². The van der Waals surface area contributed by atoms with Crippen molar-refractivity contribution in [3.63, 3.8) is 0 Å². The molecule has 2 nitrogen and oxygen atoms in total. The number of carbonyl (C=O) groups is 2. The van der Waals surface area contributed by atoms with Crippen LogP contribution in [0, 0.1) is 0 Å². The molecule has 0 aromatic heterocycles. The molecule has 0 spiro atoms. The first-order valence-corrected chi connectivity index (χ1v) is 8.84. The largest absolute Gasteiger partial charge is 0.281 e. The van der Waals surface area contributed by atoms with E-state index in [0.717, 1.165) is 22.3 Å². The zero-order valence-corrected chi connectivity index (χ0v) is 15.7. The predicted molar refractivity (Wildman–Crippen MR) is 104 cm³/mol. The molecule has 3 aromatic rings. The van der Waals surface area contributed by atoms with E-state index in [1.807, 2.05) is 54.6 Å². The Balaban J connectivity index is 2.13. The van der Waals surface area contributed by atoms with Crippen molar-refractivity contribution in [3.05, 3.63) is 83.9 Å². The topological polar surface area (TPSA) is 34.1 Å². The molecule has 0 saturated carbocycles. The van der Waals surface area contributed by atoms with E-state index >= 15 is 0 Å². The zero-order valence-electron chi connectivity index (χ0n) is 12.5. The zero-order chi connectivity index (χ0) is 17.1. The van der Waals surface area contributed by atoms with Crippen molar-refractivity contribution in [1.29, 1.82) is 0 Å². The Kier molecular flexibility index (Phi) is 5.07. The lowest BCUT2D eigenvalue weighted by Gasteiger charge is -2.10. The van der Waals surface area contributed by atoms with Crippen LogP contribution in [0.25, 0.3) is 22.3 Å². The SMILES string of the molecule is O=C(Br)c1ccc(-c2cccc(-c3ccccc3)c2)c(C(=O)Br)c1. The normalized spacial score (nSPS) is 10.4. The number of rotatable bonds is 4. The molecule has 0 radical (unpaired) electrons. The number of benzene rings is 3. The number of hydrogen-bond donors (Lipinski definition) is 0. The molecular formula is C20H12Br2O2. The number of halogens is 2. The minimum atomic E-state index is -0.252. The Morgan fingerprint density at radius 1 is 0.625 bits per heavy atom. The van der Waals surface area contributed by atoms with Gasteiger partial charge in [-0.2, -0.15) is 0 Å². The highest BCUT2D eigenvalue weighted by Crippen LogP contribution is 2.30. The van der Waals surface area contributed by atoms with Crippen LogP contribution in [-0.2, 0) is 0 Å². The van der Waals surface area contributed by atoms with Crippen molar-refractivity contribution in [2.24, 2.45) is 0 Å². The Hall–Kier alpha value is -2.04. The lowest BCUT2D eigenvalue weighted by atomic mass is 9.95. The third-order valence-corrected chi connectivity index (χ3v) is 4.62. The molecule has 0 N–H and O–H groups in total. The molecule has 24 heavy (non-hydrogen) atoms. The Morgan fingerprint density at radius 2 is 1.29 bits per heavy atom. The Morgan fingerprint density at radius 3 is 1.96 bits per heavy atom. The molecule has 3 aromatic carbocycles. The first-order valence-electron chi connectivity index (χ1n) is 7.26. The highest BCUT2D eigenvalue weighted by molar-refractivity contribution is 9.18. The molecule has 0 fully saturated rings. The van der Waals surface area contributed by atoms with Crippen LogP contribution in [0.15, 0.2) is 72.8 Å². The van der Waals surface area contributed by atoms with E-state index in [1.54, 1.807) is 18.2 Å². The summed E-state index contributed by atoms with van der Waals surface area (Å²) in [5.74, 6) is 0. The minimum Gasteiger partial charge on any atom is -0.281 e. The summed E-state index contributed by atoms with van der Waals surface area (Å²) in [7, 11) is 0. The smallest absolute Gasteiger partial charge is 0.228 e. The highest BCUT2D eigenvalue weighted by Gasteiger charge is 2.14. The van der Waals surface area contributed by atoms with Crippen molar-refractivity contribution >= 4 is 41.2 Å². The summed E-state index contributed by atoms with van der Waals surface area (Å²) in [4.78, 5) is 23.5. The average Bonchev–Trinajstić information content (AvgIpc) is 2.62. The second-order valence-corrected chi connectivity index (χ2v) is 6.70. The molecule has 0 amide bonds. The molecule has 0 aliphatic heterocycles. The van der Waals surface area contributed by atoms with Crippen molar-refractivity contribution < 1.29 is 9.59 Å². The van der Waals surface area contributed by atoms with Crippen LogP contribution in [-0.4, -0.2) is 9.39 Å². The lowest BCUT2D eigenvalue weighted by Crippen LogP contribution is -1.98. The second kappa shape index (κ2) is 7.24. The third kappa shape index (κ3) is 3.55. The van der Waals surface area contributed by atoms with Gasteiger partial charge in [-0.1, -0.05) is 54.6 Å². The van der Waals surface area contributed by atoms with Crippen molar-refractivity contribution in [2.45, 2.75) is 0 Å². The van der Waals surface area contributed by atoms with Gasteiger partial charge in [-0.05, 0) is 72.3 Å². The molecule has 0 unspecified atom stereocenters. The van der Waals surface area contributed by atoms with Gasteiger partial charge in [0.25, 0.3) is 0 Å². The number of hydrogen-bond acceptors (Lipinski definition) is 2. The summed E-state index contributed by atoms with van der Waals surface area (Å²) in [6.45, 7) is 0. The van der Waals surface area contributed by atoms with E-state index in [9.17, 15) is 9.59 Å². The Labute approximate surface area is 156 Å². The van der Waals surface area contributed by atoms with Crippen molar-refractivity contribution in [1.82, 2.24) is 0 Å². The van der Waals surface area contributed by atoms with Crippen molar-refractivity contribution in [3.8, 4) is 22.3 Å². The summed E-state index contributed by atoms with van der Waals surface area (Å²) in [6.07, 6.45) is 0. The fraction of sp³-hybridized carbons (Fsp3) is 0. The first-order chi connectivity index (χ1) is 11.6. The van der Waals surface area contributed by atoms with Gasteiger partial charge in [0, 0.05) is 11.1 Å². The lowest BCUT2D eigenvalue weighted by molar-refractivity contribution is 0.109. The summed E-state index contributed by atoms with van der Waals surface area (Å²) in [5, 5.41) is 0. The van der Waals surface area contributed by atoms with E-state index < -0.39 is 0 Å². The maximum absolute atomic E-state index is 12.0. The van der Waals surface area contributed by atoms with Gasteiger partial charge < -0.3 is 0 Å². The summed E-state index contributed by atoms with van der Waals surface area (Å²) >= 11 is 5.94. The van der Waals surface area contributed by atoms with Gasteiger partial charge in [0.2, 0.25) is 9.39 Å². The van der Waals surface area contributed by atoms with Gasteiger partial charge in [0.05, 0.1) is 0 Å². The van der Waals surface area contributed by atoms with Gasteiger partial charge >= 0.3 is 0 Å². The molecule has 3 rings (SSSR count). The molecule has 0 aliphatic carbocycles. The van der Waals surface area contributed by atoms with Gasteiger partial charge in [-0.15, -0.1) is 0 Å². The van der Waals surface area contributed by atoms with E-state index in [1.165, 1.54) is 0 Å². The maximum atomic E-state index is 12.0. The van der Waals surface area contributed by atoms with E-state index in [0.29, 0.717) is 11.1 Å². The fourth-order valence-corrected chi connectivity index (χ4v) is 3.15.